The van der Waals surface area contributed by atoms with Gasteiger partial charge in [0.05, 0.1) is 18.0 Å². The number of aliphatic carboxylic acids is 1. The first-order valence-electron chi connectivity index (χ1n) is 5.39. The lowest BCUT2D eigenvalue weighted by Crippen LogP contribution is -2.67. The number of aliphatic hydroxyl groups is 1. The van der Waals surface area contributed by atoms with Crippen molar-refractivity contribution >= 4 is 16.0 Å². The van der Waals surface area contributed by atoms with Crippen molar-refractivity contribution in [2.75, 3.05) is 13.1 Å². The second-order valence-electron chi connectivity index (χ2n) is 4.52. The maximum atomic E-state index is 13.1. The van der Waals surface area contributed by atoms with Crippen LogP contribution in [0.15, 0.2) is 23.1 Å². The lowest BCUT2D eigenvalue weighted by Gasteiger charge is -2.41. The van der Waals surface area contributed by atoms with Crippen LogP contribution in [0.4, 0.5) is 4.39 Å². The van der Waals surface area contributed by atoms with Crippen LogP contribution in [0.3, 0.4) is 0 Å². The van der Waals surface area contributed by atoms with Crippen LogP contribution in [-0.4, -0.2) is 47.6 Å². The standard InChI is InChI=1S/C11H12FNO5S/c1-7-4-8(2-3-9(7)12)19(17,18)13-5-11(16,6-13)10(14)15/h2-4,16H,5-6H2,1H3,(H,14,15). The molecule has 1 saturated heterocycles. The molecule has 0 bridgehead atoms. The molecule has 6 nitrogen and oxygen atoms in total. The molecule has 1 aliphatic heterocycles. The van der Waals surface area contributed by atoms with E-state index in [0.717, 1.165) is 16.4 Å². The first-order valence-corrected chi connectivity index (χ1v) is 6.83. The van der Waals surface area contributed by atoms with Gasteiger partial charge < -0.3 is 10.2 Å². The van der Waals surface area contributed by atoms with E-state index in [1.54, 1.807) is 0 Å². The third-order valence-electron chi connectivity index (χ3n) is 3.04. The van der Waals surface area contributed by atoms with Crippen LogP contribution in [0.2, 0.25) is 0 Å². The van der Waals surface area contributed by atoms with Gasteiger partial charge in [-0.3, -0.25) is 0 Å². The van der Waals surface area contributed by atoms with Gasteiger partial charge in [-0.2, -0.15) is 4.31 Å². The highest BCUT2D eigenvalue weighted by molar-refractivity contribution is 7.89. The van der Waals surface area contributed by atoms with Gasteiger partial charge in [0.15, 0.2) is 5.60 Å². The molecule has 104 valence electrons. The summed E-state index contributed by atoms with van der Waals surface area (Å²) in [7, 11) is -3.90. The predicted octanol–water partition coefficient (Wildman–Crippen LogP) is -0.0459. The normalized spacial score (nSPS) is 18.9. The Labute approximate surface area is 109 Å². The number of nitrogens with zero attached hydrogens (tertiary/aromatic N) is 1. The minimum atomic E-state index is -3.90. The fourth-order valence-corrected chi connectivity index (χ4v) is 3.40. The van der Waals surface area contributed by atoms with Gasteiger partial charge >= 0.3 is 5.97 Å². The van der Waals surface area contributed by atoms with E-state index in [4.69, 9.17) is 5.11 Å². The molecule has 0 radical (unpaired) electrons. The number of hydrogen-bond donors (Lipinski definition) is 2. The van der Waals surface area contributed by atoms with E-state index in [2.05, 4.69) is 0 Å². The smallest absolute Gasteiger partial charge is 0.338 e. The first kappa shape index (κ1) is 13.9. The molecule has 0 spiro atoms. The van der Waals surface area contributed by atoms with Gasteiger partial charge in [0.25, 0.3) is 0 Å². The molecule has 0 aliphatic carbocycles. The van der Waals surface area contributed by atoms with Crippen molar-refractivity contribution in [3.63, 3.8) is 0 Å². The number of aryl methyl sites for hydroxylation is 1. The Morgan fingerprint density at radius 2 is 2.00 bits per heavy atom. The average Bonchev–Trinajstić information content (AvgIpc) is 2.27. The molecule has 0 amide bonds. The minimum Gasteiger partial charge on any atom is -0.479 e. The summed E-state index contributed by atoms with van der Waals surface area (Å²) < 4.78 is 38.1. The second kappa shape index (κ2) is 4.26. The van der Waals surface area contributed by atoms with Crippen molar-refractivity contribution in [3.8, 4) is 0 Å². The molecule has 19 heavy (non-hydrogen) atoms. The Morgan fingerprint density at radius 3 is 2.47 bits per heavy atom. The summed E-state index contributed by atoms with van der Waals surface area (Å²) in [4.78, 5) is 10.6. The predicted molar refractivity (Wildman–Crippen MR) is 62.5 cm³/mol. The molecule has 2 rings (SSSR count). The van der Waals surface area contributed by atoms with Crippen LogP contribution in [0, 0.1) is 12.7 Å². The largest absolute Gasteiger partial charge is 0.479 e. The monoisotopic (exact) mass is 289 g/mol. The van der Waals surface area contributed by atoms with Crippen molar-refractivity contribution in [1.29, 1.82) is 0 Å². The average molecular weight is 289 g/mol. The Morgan fingerprint density at radius 1 is 1.42 bits per heavy atom. The molecule has 0 saturated carbocycles. The summed E-state index contributed by atoms with van der Waals surface area (Å²) in [5.41, 5.74) is -1.86. The van der Waals surface area contributed by atoms with Gasteiger partial charge in [0.1, 0.15) is 5.82 Å². The van der Waals surface area contributed by atoms with Crippen molar-refractivity contribution in [3.05, 3.63) is 29.6 Å². The summed E-state index contributed by atoms with van der Waals surface area (Å²) in [6.45, 7) is 0.403. The molecule has 2 N–H and O–H groups in total. The van der Waals surface area contributed by atoms with Gasteiger partial charge in [-0.15, -0.1) is 0 Å². The summed E-state index contributed by atoms with van der Waals surface area (Å²) in [6.07, 6.45) is 0. The Bertz CT molecular complexity index is 636. The molecule has 0 unspecified atom stereocenters. The van der Waals surface area contributed by atoms with Crippen LogP contribution >= 0.6 is 0 Å². The summed E-state index contributed by atoms with van der Waals surface area (Å²) in [5.74, 6) is -1.99. The third kappa shape index (κ3) is 2.22. The first-order chi connectivity index (χ1) is 8.67. The summed E-state index contributed by atoms with van der Waals surface area (Å²) in [6, 6.07) is 3.31. The van der Waals surface area contributed by atoms with Gasteiger partial charge in [-0.1, -0.05) is 0 Å². The number of carboxylic acids is 1. The Kier molecular flexibility index (Phi) is 3.12. The quantitative estimate of drug-likeness (QED) is 0.814. The molecule has 1 aromatic carbocycles. The molecule has 0 aromatic heterocycles. The number of rotatable bonds is 3. The highest BCUT2D eigenvalue weighted by Crippen LogP contribution is 2.28. The summed E-state index contributed by atoms with van der Waals surface area (Å²) in [5, 5.41) is 18.2. The Balaban J connectivity index is 2.26. The lowest BCUT2D eigenvalue weighted by atomic mass is 9.98. The molecule has 1 aliphatic rings. The van der Waals surface area contributed by atoms with E-state index in [1.807, 2.05) is 0 Å². The van der Waals surface area contributed by atoms with E-state index >= 15 is 0 Å². The van der Waals surface area contributed by atoms with Crippen molar-refractivity contribution in [2.24, 2.45) is 0 Å². The molecule has 0 atom stereocenters. The second-order valence-corrected chi connectivity index (χ2v) is 6.46. The van der Waals surface area contributed by atoms with Crippen LogP contribution in [0.1, 0.15) is 5.56 Å². The molecular formula is C11H12FNO5S. The lowest BCUT2D eigenvalue weighted by molar-refractivity contribution is -0.170. The van der Waals surface area contributed by atoms with Crippen LogP contribution in [0.25, 0.3) is 0 Å². The van der Waals surface area contributed by atoms with Crippen LogP contribution in [0.5, 0.6) is 0 Å². The Hall–Kier alpha value is -1.51. The zero-order valence-electron chi connectivity index (χ0n) is 10.00. The van der Waals surface area contributed by atoms with Gasteiger partial charge in [-0.25, -0.2) is 17.6 Å². The molecule has 1 aromatic rings. The van der Waals surface area contributed by atoms with E-state index < -0.39 is 40.5 Å². The maximum Gasteiger partial charge on any atom is 0.338 e. The van der Waals surface area contributed by atoms with Crippen molar-refractivity contribution < 1.29 is 27.8 Å². The van der Waals surface area contributed by atoms with E-state index in [9.17, 15) is 22.7 Å². The highest BCUT2D eigenvalue weighted by atomic mass is 32.2. The summed E-state index contributed by atoms with van der Waals surface area (Å²) >= 11 is 0. The fraction of sp³-hybridized carbons (Fsp3) is 0.364. The SMILES string of the molecule is Cc1cc(S(=O)(=O)N2CC(O)(C(=O)O)C2)ccc1F. The van der Waals surface area contributed by atoms with Crippen molar-refractivity contribution in [2.45, 2.75) is 17.4 Å². The van der Waals surface area contributed by atoms with Crippen molar-refractivity contribution in [1.82, 2.24) is 4.31 Å². The van der Waals surface area contributed by atoms with Gasteiger partial charge in [0.2, 0.25) is 10.0 Å². The van der Waals surface area contributed by atoms with Gasteiger partial charge in [0, 0.05) is 0 Å². The van der Waals surface area contributed by atoms with E-state index in [0.29, 0.717) is 0 Å². The molecule has 1 heterocycles. The number of sulfonamides is 1. The van der Waals surface area contributed by atoms with Crippen LogP contribution in [-0.2, 0) is 14.8 Å². The fourth-order valence-electron chi connectivity index (χ4n) is 1.77. The number of carbonyl (C=O) groups is 1. The molecule has 1 fully saturated rings. The number of benzene rings is 1. The van der Waals surface area contributed by atoms with Gasteiger partial charge in [-0.05, 0) is 30.7 Å². The zero-order chi connectivity index (χ0) is 14.4. The zero-order valence-corrected chi connectivity index (χ0v) is 10.8. The topological polar surface area (TPSA) is 94.9 Å². The maximum absolute atomic E-state index is 13.1. The molecular weight excluding hydrogens is 277 g/mol. The third-order valence-corrected chi connectivity index (χ3v) is 4.83. The minimum absolute atomic E-state index is 0.126. The number of carboxylic acid groups (broad SMARTS) is 1. The number of halogens is 1. The highest BCUT2D eigenvalue weighted by Gasteiger charge is 2.52. The molecule has 8 heteroatoms. The number of β-amino-alcohol motifs (C(OH)–C–C–N with tert-alkyl or cyclic N) is 1. The van der Waals surface area contributed by atoms with Crippen LogP contribution < -0.4 is 0 Å². The van der Waals surface area contributed by atoms with E-state index in [1.165, 1.54) is 13.0 Å². The van der Waals surface area contributed by atoms with E-state index in [-0.39, 0.29) is 10.5 Å². The number of hydrogen-bond acceptors (Lipinski definition) is 4.